The molecule has 1 aromatic carbocycles. The van der Waals surface area contributed by atoms with E-state index in [1.165, 1.54) is 19.3 Å². The van der Waals surface area contributed by atoms with Crippen LogP contribution < -0.4 is 10.6 Å². The fraction of sp³-hybridized carbons (Fsp3) is 0.700. The molecule has 0 aliphatic heterocycles. The van der Waals surface area contributed by atoms with Crippen LogP contribution in [0.3, 0.4) is 0 Å². The van der Waals surface area contributed by atoms with Crippen molar-refractivity contribution in [2.24, 2.45) is 23.2 Å². The minimum absolute atomic E-state index is 0.00368. The summed E-state index contributed by atoms with van der Waals surface area (Å²) in [7, 11) is 0. The molecule has 4 saturated carbocycles. The zero-order chi connectivity index (χ0) is 26.5. The van der Waals surface area contributed by atoms with Crippen LogP contribution in [0.25, 0.3) is 0 Å². The Hall–Kier alpha value is -2.05. The summed E-state index contributed by atoms with van der Waals surface area (Å²) in [5, 5.41) is 6.60. The molecule has 1 amide bonds. The quantitative estimate of drug-likeness (QED) is 0.309. The highest BCUT2D eigenvalue weighted by molar-refractivity contribution is 5.91. The first-order valence-electron chi connectivity index (χ1n) is 14.0. The van der Waals surface area contributed by atoms with E-state index >= 15 is 0 Å². The Morgan fingerprint density at radius 1 is 0.973 bits per heavy atom. The Kier molecular flexibility index (Phi) is 6.89. The predicted molar refractivity (Wildman–Crippen MR) is 138 cm³/mol. The Morgan fingerprint density at radius 3 is 2.08 bits per heavy atom. The van der Waals surface area contributed by atoms with Crippen LogP contribution in [0.15, 0.2) is 36.5 Å². The molecule has 4 fully saturated rings. The van der Waals surface area contributed by atoms with Crippen molar-refractivity contribution in [2.75, 3.05) is 11.9 Å². The predicted octanol–water partition coefficient (Wildman–Crippen LogP) is 7.83. The first-order valence-corrected chi connectivity index (χ1v) is 14.0. The van der Waals surface area contributed by atoms with Crippen LogP contribution in [0.1, 0.15) is 89.5 Å². The van der Waals surface area contributed by atoms with Gasteiger partial charge in [-0.3, -0.25) is 4.79 Å². The molecule has 2 N–H and O–H groups in total. The van der Waals surface area contributed by atoms with Crippen LogP contribution in [0.5, 0.6) is 0 Å². The number of hydrogen-bond acceptors (Lipinski definition) is 2. The molecule has 0 atom stereocenters. The lowest BCUT2D eigenvalue weighted by Gasteiger charge is -2.48. The van der Waals surface area contributed by atoms with E-state index in [0.717, 1.165) is 43.5 Å². The molecule has 0 spiro atoms. The van der Waals surface area contributed by atoms with Crippen molar-refractivity contribution >= 4 is 11.6 Å². The molecule has 0 radical (unpaired) electrons. The zero-order valence-corrected chi connectivity index (χ0v) is 21.9. The van der Waals surface area contributed by atoms with E-state index in [-0.39, 0.29) is 55.3 Å². The molecule has 4 aliphatic carbocycles. The molecule has 204 valence electrons. The number of nitrogens with one attached hydrogen (secondary N) is 2. The highest BCUT2D eigenvalue weighted by Gasteiger charge is 2.56. The molecule has 37 heavy (non-hydrogen) atoms. The van der Waals surface area contributed by atoms with Crippen LogP contribution in [0.2, 0.25) is 0 Å². The van der Waals surface area contributed by atoms with Gasteiger partial charge in [-0.1, -0.05) is 44.9 Å². The third-order valence-electron chi connectivity index (χ3n) is 9.90. The van der Waals surface area contributed by atoms with Gasteiger partial charge in [-0.15, -0.1) is 0 Å². The number of hydrogen-bond donors (Lipinski definition) is 2. The fourth-order valence-corrected chi connectivity index (χ4v) is 7.25. The normalized spacial score (nSPS) is 25.6. The van der Waals surface area contributed by atoms with E-state index in [1.54, 1.807) is 0 Å². The SMILES string of the molecule is C=C(NCC1(C)CCC1)C1(c2cccc(NC(=O)CC(C3CC(F)(F)C3)C3CC(F)(F)C3)c2)CCCC1. The third kappa shape index (κ3) is 5.56. The fourth-order valence-electron chi connectivity index (χ4n) is 7.25. The Labute approximate surface area is 217 Å². The van der Waals surface area contributed by atoms with Crippen molar-refractivity contribution < 1.29 is 22.4 Å². The van der Waals surface area contributed by atoms with Gasteiger partial charge in [0, 0.05) is 55.4 Å². The summed E-state index contributed by atoms with van der Waals surface area (Å²) in [5.41, 5.74) is 2.97. The topological polar surface area (TPSA) is 41.1 Å². The lowest BCUT2D eigenvalue weighted by Crippen LogP contribution is -2.48. The van der Waals surface area contributed by atoms with E-state index < -0.39 is 17.8 Å². The molecule has 4 aliphatic rings. The maximum absolute atomic E-state index is 13.5. The first kappa shape index (κ1) is 26.6. The summed E-state index contributed by atoms with van der Waals surface area (Å²) in [5.74, 6) is -6.93. The summed E-state index contributed by atoms with van der Waals surface area (Å²) in [6.07, 6.45) is 6.77. The van der Waals surface area contributed by atoms with Crippen LogP contribution in [-0.4, -0.2) is 24.3 Å². The minimum atomic E-state index is -2.73. The second kappa shape index (κ2) is 9.60. The molecule has 0 bridgehead atoms. The van der Waals surface area contributed by atoms with Crippen molar-refractivity contribution in [2.45, 2.75) is 101 Å². The molecular formula is C30H40F4N2O. The summed E-state index contributed by atoms with van der Waals surface area (Å²) in [4.78, 5) is 13.0. The second-order valence-corrected chi connectivity index (χ2v) is 12.8. The van der Waals surface area contributed by atoms with Gasteiger partial charge in [0.2, 0.25) is 17.8 Å². The lowest BCUT2D eigenvalue weighted by molar-refractivity contribution is -0.173. The molecular weight excluding hydrogens is 480 g/mol. The van der Waals surface area contributed by atoms with Crippen LogP contribution in [0, 0.1) is 23.2 Å². The van der Waals surface area contributed by atoms with Gasteiger partial charge in [0.05, 0.1) is 0 Å². The Morgan fingerprint density at radius 2 is 1.57 bits per heavy atom. The molecule has 0 heterocycles. The van der Waals surface area contributed by atoms with Crippen molar-refractivity contribution in [3.05, 3.63) is 42.1 Å². The van der Waals surface area contributed by atoms with Crippen LogP contribution in [0.4, 0.5) is 23.2 Å². The van der Waals surface area contributed by atoms with E-state index in [0.29, 0.717) is 11.1 Å². The maximum Gasteiger partial charge on any atom is 0.248 e. The number of benzene rings is 1. The third-order valence-corrected chi connectivity index (χ3v) is 9.90. The van der Waals surface area contributed by atoms with Gasteiger partial charge in [-0.25, -0.2) is 17.6 Å². The molecule has 5 rings (SSSR count). The molecule has 0 saturated heterocycles. The molecule has 0 unspecified atom stereocenters. The maximum atomic E-state index is 13.5. The zero-order valence-electron chi connectivity index (χ0n) is 21.9. The van der Waals surface area contributed by atoms with Gasteiger partial charge in [0.25, 0.3) is 0 Å². The minimum Gasteiger partial charge on any atom is -0.388 e. The van der Waals surface area contributed by atoms with E-state index in [4.69, 9.17) is 0 Å². The largest absolute Gasteiger partial charge is 0.388 e. The number of anilines is 1. The standard InChI is InChI=1S/C30H40F4N2O/c1-20(35-19-27(2)9-6-10-27)28(11-3-4-12-28)23-7-5-8-24(13-23)36-26(37)14-25(21-15-29(31,32)16-21)22-17-30(33,34)18-22/h5,7-8,13,21-22,25,35H,1,3-4,6,9-12,14-19H2,2H3,(H,36,37). The van der Waals surface area contributed by atoms with E-state index in [2.05, 4.69) is 30.2 Å². The Balaban J connectivity index is 1.25. The van der Waals surface area contributed by atoms with E-state index in [1.807, 2.05) is 18.2 Å². The number of carbonyl (C=O) groups is 1. The summed E-state index contributed by atoms with van der Waals surface area (Å²) < 4.78 is 54.2. The van der Waals surface area contributed by atoms with Gasteiger partial charge in [-0.2, -0.15) is 0 Å². The van der Waals surface area contributed by atoms with Crippen molar-refractivity contribution in [1.29, 1.82) is 0 Å². The average Bonchev–Trinajstić information content (AvgIpc) is 3.28. The number of carbonyl (C=O) groups excluding carboxylic acids is 1. The highest BCUT2D eigenvalue weighted by Crippen LogP contribution is 2.55. The van der Waals surface area contributed by atoms with Gasteiger partial charge in [-0.05, 0) is 66.5 Å². The summed E-state index contributed by atoms with van der Waals surface area (Å²) in [6, 6.07) is 7.86. The molecule has 0 aromatic heterocycles. The number of halogens is 4. The first-order chi connectivity index (χ1) is 17.4. The van der Waals surface area contributed by atoms with E-state index in [9.17, 15) is 22.4 Å². The van der Waals surface area contributed by atoms with Crippen molar-refractivity contribution in [3.8, 4) is 0 Å². The Bertz CT molecular complexity index is 988. The van der Waals surface area contributed by atoms with Gasteiger partial charge >= 0.3 is 0 Å². The van der Waals surface area contributed by atoms with Crippen LogP contribution in [-0.2, 0) is 10.2 Å². The van der Waals surface area contributed by atoms with Crippen LogP contribution >= 0.6 is 0 Å². The monoisotopic (exact) mass is 520 g/mol. The molecule has 3 nitrogen and oxygen atoms in total. The number of rotatable bonds is 10. The van der Waals surface area contributed by atoms with Gasteiger partial charge < -0.3 is 10.6 Å². The number of allylic oxidation sites excluding steroid dienone is 1. The molecule has 1 aromatic rings. The second-order valence-electron chi connectivity index (χ2n) is 12.8. The summed E-state index contributed by atoms with van der Waals surface area (Å²) in [6.45, 7) is 7.69. The van der Waals surface area contributed by atoms with Gasteiger partial charge in [0.1, 0.15) is 0 Å². The average molecular weight is 521 g/mol. The van der Waals surface area contributed by atoms with Crippen molar-refractivity contribution in [3.63, 3.8) is 0 Å². The van der Waals surface area contributed by atoms with Crippen molar-refractivity contribution in [1.82, 2.24) is 5.32 Å². The lowest BCUT2D eigenvalue weighted by atomic mass is 9.61. The number of amides is 1. The number of alkyl halides is 4. The summed E-state index contributed by atoms with van der Waals surface area (Å²) >= 11 is 0. The van der Waals surface area contributed by atoms with Gasteiger partial charge in [0.15, 0.2) is 0 Å². The molecule has 7 heteroatoms. The highest BCUT2D eigenvalue weighted by atomic mass is 19.3. The smallest absolute Gasteiger partial charge is 0.248 e.